The summed E-state index contributed by atoms with van der Waals surface area (Å²) in [4.78, 5) is 13.0. The topological polar surface area (TPSA) is 49.8 Å². The summed E-state index contributed by atoms with van der Waals surface area (Å²) in [6.45, 7) is 11.7. The number of likely N-dealkylation sites (tertiary alicyclic amines) is 1. The molecule has 1 aliphatic heterocycles. The highest BCUT2D eigenvalue weighted by atomic mass is 79.9. The molecule has 0 saturated carbocycles. The molecule has 0 radical (unpaired) electrons. The van der Waals surface area contributed by atoms with Crippen molar-refractivity contribution in [3.63, 3.8) is 0 Å². The molecule has 1 fully saturated rings. The molecule has 0 aromatic rings. The smallest absolute Gasteiger partial charge is 0.407 e. The summed E-state index contributed by atoms with van der Waals surface area (Å²) < 4.78 is 6.50. The number of piperidine rings is 1. The normalized spacial score (nSPS) is 24.6. The number of amides is 1. The Balaban J connectivity index is 2.96. The quantitative estimate of drug-likeness (QED) is 0.446. The van der Waals surface area contributed by atoms with Gasteiger partial charge in [-0.05, 0) is 31.0 Å². The molecule has 0 aromatic carbocycles. The maximum absolute atomic E-state index is 11.5. The van der Waals surface area contributed by atoms with Gasteiger partial charge >= 0.3 is 6.09 Å². The Morgan fingerprint density at radius 2 is 2.10 bits per heavy atom. The Labute approximate surface area is 137 Å². The predicted molar refractivity (Wildman–Crippen MR) is 92.8 cm³/mol. The van der Waals surface area contributed by atoms with Crippen LogP contribution in [0.15, 0.2) is 12.2 Å². The van der Waals surface area contributed by atoms with E-state index in [2.05, 4.69) is 49.8 Å². The summed E-state index contributed by atoms with van der Waals surface area (Å²) in [5.41, 5.74) is 0. The Morgan fingerprint density at radius 3 is 2.57 bits per heavy atom. The highest BCUT2D eigenvalue weighted by Gasteiger charge is 2.43. The van der Waals surface area contributed by atoms with E-state index in [0.717, 1.165) is 18.2 Å². The maximum Gasteiger partial charge on any atom is 0.407 e. The molecule has 0 spiro atoms. The summed E-state index contributed by atoms with van der Waals surface area (Å²) in [6.07, 6.45) is 4.83. The second-order valence-corrected chi connectivity index (χ2v) is 12.5. The van der Waals surface area contributed by atoms with Gasteiger partial charge in [0, 0.05) is 11.9 Å². The summed E-state index contributed by atoms with van der Waals surface area (Å²) in [6, 6.07) is -0.178. The number of alkyl halides is 1. The minimum atomic E-state index is -1.90. The molecule has 1 amide bonds. The fraction of sp³-hybridized carbons (Fsp3) is 0.800. The number of hydrogen-bond acceptors (Lipinski definition) is 2. The van der Waals surface area contributed by atoms with E-state index in [-0.39, 0.29) is 17.2 Å². The summed E-state index contributed by atoms with van der Waals surface area (Å²) >= 11 is 3.36. The molecule has 0 bridgehead atoms. The molecule has 0 aliphatic carbocycles. The largest absolute Gasteiger partial charge is 0.465 e. The highest BCUT2D eigenvalue weighted by molar-refractivity contribution is 9.09. The number of carboxylic acid groups (broad SMARTS) is 1. The maximum atomic E-state index is 11.5. The zero-order valence-electron chi connectivity index (χ0n) is 13.7. The molecule has 1 N–H and O–H groups in total. The third-order valence-corrected chi connectivity index (χ3v) is 9.43. The minimum absolute atomic E-state index is 0.0361. The zero-order valence-corrected chi connectivity index (χ0v) is 16.3. The number of allylic oxidation sites excluding steroid dienone is 1. The van der Waals surface area contributed by atoms with Crippen LogP contribution in [0.25, 0.3) is 0 Å². The standard InChI is InChI=1S/C15H28BrNO3Si/c1-15(2,3)21(4,5)20-13-9-7-11-17(14(18)19)12(13)8-6-10-16/h6,8,12-13H,7,9-11H2,1-5H3,(H,18,19)/b8-6+. The van der Waals surface area contributed by atoms with Crippen LogP contribution in [0.3, 0.4) is 0 Å². The third-order valence-electron chi connectivity index (χ3n) is 4.55. The van der Waals surface area contributed by atoms with Crippen molar-refractivity contribution in [3.8, 4) is 0 Å². The van der Waals surface area contributed by atoms with Gasteiger partial charge in [-0.15, -0.1) is 0 Å². The van der Waals surface area contributed by atoms with E-state index in [4.69, 9.17) is 4.43 Å². The Hall–Kier alpha value is -0.333. The van der Waals surface area contributed by atoms with Crippen LogP contribution in [-0.2, 0) is 4.43 Å². The lowest BCUT2D eigenvalue weighted by atomic mass is 9.99. The first-order chi connectivity index (χ1) is 9.60. The second-order valence-electron chi connectivity index (χ2n) is 7.11. The van der Waals surface area contributed by atoms with Gasteiger partial charge < -0.3 is 9.53 Å². The lowest BCUT2D eigenvalue weighted by Gasteiger charge is -2.45. The fourth-order valence-electron chi connectivity index (χ4n) is 2.31. The summed E-state index contributed by atoms with van der Waals surface area (Å²) in [5, 5.41) is 10.3. The second kappa shape index (κ2) is 7.29. The minimum Gasteiger partial charge on any atom is -0.465 e. The van der Waals surface area contributed by atoms with E-state index in [9.17, 15) is 9.90 Å². The molecule has 1 aliphatic rings. The predicted octanol–water partition coefficient (Wildman–Crippen LogP) is 4.47. The number of halogens is 1. The van der Waals surface area contributed by atoms with Crippen LogP contribution in [0.5, 0.6) is 0 Å². The fourth-order valence-corrected chi connectivity index (χ4v) is 3.89. The van der Waals surface area contributed by atoms with E-state index in [1.807, 2.05) is 12.2 Å². The van der Waals surface area contributed by atoms with Crippen LogP contribution in [0, 0.1) is 0 Å². The van der Waals surface area contributed by atoms with Crippen LogP contribution in [0.1, 0.15) is 33.6 Å². The molecular formula is C15H28BrNO3Si. The van der Waals surface area contributed by atoms with Gasteiger partial charge in [0.1, 0.15) is 0 Å². The van der Waals surface area contributed by atoms with Crippen molar-refractivity contribution < 1.29 is 14.3 Å². The Kier molecular flexibility index (Phi) is 6.49. The molecule has 21 heavy (non-hydrogen) atoms. The van der Waals surface area contributed by atoms with Gasteiger partial charge in [-0.1, -0.05) is 48.9 Å². The summed E-state index contributed by atoms with van der Waals surface area (Å²) in [7, 11) is -1.90. The average Bonchev–Trinajstić information content (AvgIpc) is 2.35. The van der Waals surface area contributed by atoms with Crippen molar-refractivity contribution in [2.45, 2.75) is 63.9 Å². The molecule has 1 rings (SSSR count). The molecule has 4 nitrogen and oxygen atoms in total. The Morgan fingerprint density at radius 1 is 1.48 bits per heavy atom. The van der Waals surface area contributed by atoms with Crippen LogP contribution in [-0.4, -0.2) is 48.4 Å². The van der Waals surface area contributed by atoms with E-state index in [1.54, 1.807) is 0 Å². The SMILES string of the molecule is CC(C)(C)[Si](C)(C)OC1CCCN(C(=O)O)C1/C=C/CBr. The lowest BCUT2D eigenvalue weighted by molar-refractivity contribution is 0.0422. The summed E-state index contributed by atoms with van der Waals surface area (Å²) in [5.74, 6) is 0. The van der Waals surface area contributed by atoms with E-state index >= 15 is 0 Å². The third kappa shape index (κ3) is 4.83. The number of hydrogen-bond donors (Lipinski definition) is 1. The molecule has 6 heteroatoms. The molecule has 1 heterocycles. The van der Waals surface area contributed by atoms with Gasteiger partial charge in [0.05, 0.1) is 12.1 Å². The van der Waals surface area contributed by atoms with Crippen LogP contribution >= 0.6 is 15.9 Å². The Bertz CT molecular complexity index is 393. The lowest BCUT2D eigenvalue weighted by Crippen LogP contribution is -2.55. The molecular weight excluding hydrogens is 350 g/mol. The van der Waals surface area contributed by atoms with Gasteiger partial charge in [-0.3, -0.25) is 4.90 Å². The molecule has 122 valence electrons. The molecule has 2 unspecified atom stereocenters. The number of carbonyl (C=O) groups is 1. The van der Waals surface area contributed by atoms with Crippen molar-refractivity contribution in [2.24, 2.45) is 0 Å². The van der Waals surface area contributed by atoms with Crippen LogP contribution < -0.4 is 0 Å². The highest BCUT2D eigenvalue weighted by Crippen LogP contribution is 2.39. The van der Waals surface area contributed by atoms with Gasteiger partial charge in [0.25, 0.3) is 0 Å². The van der Waals surface area contributed by atoms with Gasteiger partial charge in [0.15, 0.2) is 8.32 Å². The van der Waals surface area contributed by atoms with Crippen molar-refractivity contribution >= 4 is 30.3 Å². The molecule has 0 aromatic heterocycles. The molecule has 2 atom stereocenters. The average molecular weight is 378 g/mol. The van der Waals surface area contributed by atoms with Crippen LogP contribution in [0.2, 0.25) is 18.1 Å². The molecule has 1 saturated heterocycles. The van der Waals surface area contributed by atoms with Gasteiger partial charge in [-0.25, -0.2) is 4.79 Å². The number of rotatable bonds is 4. The van der Waals surface area contributed by atoms with Crippen molar-refractivity contribution in [2.75, 3.05) is 11.9 Å². The van der Waals surface area contributed by atoms with E-state index in [1.165, 1.54) is 4.90 Å². The van der Waals surface area contributed by atoms with Gasteiger partial charge in [-0.2, -0.15) is 0 Å². The van der Waals surface area contributed by atoms with Gasteiger partial charge in [0.2, 0.25) is 0 Å². The van der Waals surface area contributed by atoms with Crippen LogP contribution in [0.4, 0.5) is 4.79 Å². The van der Waals surface area contributed by atoms with E-state index in [0.29, 0.717) is 6.54 Å². The number of nitrogens with zero attached hydrogens (tertiary/aromatic N) is 1. The first-order valence-electron chi connectivity index (χ1n) is 7.50. The van der Waals surface area contributed by atoms with Crippen molar-refractivity contribution in [1.29, 1.82) is 0 Å². The van der Waals surface area contributed by atoms with Crippen molar-refractivity contribution in [3.05, 3.63) is 12.2 Å². The first-order valence-corrected chi connectivity index (χ1v) is 11.5. The monoisotopic (exact) mass is 377 g/mol. The first kappa shape index (κ1) is 18.7. The van der Waals surface area contributed by atoms with E-state index < -0.39 is 14.4 Å². The van der Waals surface area contributed by atoms with Crippen molar-refractivity contribution in [1.82, 2.24) is 4.90 Å². The zero-order chi connectivity index (χ0) is 16.3.